The van der Waals surface area contributed by atoms with Crippen molar-refractivity contribution in [1.82, 2.24) is 9.88 Å². The van der Waals surface area contributed by atoms with Gasteiger partial charge in [-0.25, -0.2) is 9.78 Å². The van der Waals surface area contributed by atoms with Crippen molar-refractivity contribution in [1.29, 1.82) is 0 Å². The predicted octanol–water partition coefficient (Wildman–Crippen LogP) is 3.94. The van der Waals surface area contributed by atoms with Crippen LogP contribution in [-0.2, 0) is 5.54 Å². The van der Waals surface area contributed by atoms with Crippen molar-refractivity contribution >= 4 is 39.2 Å². The van der Waals surface area contributed by atoms with Crippen LogP contribution in [0.2, 0.25) is 5.02 Å². The molecule has 0 saturated carbocycles. The van der Waals surface area contributed by atoms with Crippen molar-refractivity contribution in [3.63, 3.8) is 0 Å². The number of hydrogen-bond donors (Lipinski definition) is 2. The Morgan fingerprint density at radius 2 is 2.17 bits per heavy atom. The summed E-state index contributed by atoms with van der Waals surface area (Å²) in [6.07, 6.45) is -1.38. The number of aliphatic hydroxyl groups is 1. The van der Waals surface area contributed by atoms with Crippen LogP contribution in [0.5, 0.6) is 0 Å². The molecule has 1 saturated heterocycles. The Labute approximate surface area is 143 Å². The number of carbonyl (C=O) groups is 1. The third-order valence-electron chi connectivity index (χ3n) is 4.56. The van der Waals surface area contributed by atoms with Gasteiger partial charge in [0.1, 0.15) is 10.5 Å². The number of aliphatic hydroxyl groups excluding tert-OH is 1. The lowest BCUT2D eigenvalue weighted by Gasteiger charge is -2.45. The Morgan fingerprint density at radius 1 is 1.48 bits per heavy atom. The lowest BCUT2D eigenvalue weighted by atomic mass is 9.72. The van der Waals surface area contributed by atoms with Gasteiger partial charge in [-0.1, -0.05) is 32.4 Å². The third kappa shape index (κ3) is 2.49. The van der Waals surface area contributed by atoms with E-state index in [9.17, 15) is 15.0 Å². The van der Waals surface area contributed by atoms with Gasteiger partial charge in [0.05, 0.1) is 22.9 Å². The van der Waals surface area contributed by atoms with Crippen molar-refractivity contribution in [3.05, 3.63) is 28.2 Å². The monoisotopic (exact) mass is 354 g/mol. The second-order valence-electron chi connectivity index (χ2n) is 6.99. The van der Waals surface area contributed by atoms with Crippen LogP contribution < -0.4 is 0 Å². The van der Waals surface area contributed by atoms with E-state index in [1.807, 2.05) is 32.9 Å². The summed E-state index contributed by atoms with van der Waals surface area (Å²) < 4.78 is 0.919. The van der Waals surface area contributed by atoms with Gasteiger partial charge in [-0.15, -0.1) is 11.3 Å². The molecule has 5 nitrogen and oxygen atoms in total. The Morgan fingerprint density at radius 3 is 2.78 bits per heavy atom. The minimum absolute atomic E-state index is 0.100. The van der Waals surface area contributed by atoms with E-state index in [4.69, 9.17) is 11.6 Å². The van der Waals surface area contributed by atoms with E-state index < -0.39 is 23.2 Å². The number of thiazole rings is 1. The van der Waals surface area contributed by atoms with Crippen molar-refractivity contribution in [2.24, 2.45) is 5.41 Å². The van der Waals surface area contributed by atoms with E-state index >= 15 is 0 Å². The van der Waals surface area contributed by atoms with Crippen molar-refractivity contribution in [2.45, 2.75) is 38.8 Å². The minimum atomic E-state index is -1.03. The van der Waals surface area contributed by atoms with Crippen LogP contribution in [0.3, 0.4) is 0 Å². The third-order valence-corrected chi connectivity index (χ3v) is 5.97. The van der Waals surface area contributed by atoms with Gasteiger partial charge in [0.15, 0.2) is 0 Å². The highest BCUT2D eigenvalue weighted by molar-refractivity contribution is 7.18. The number of fused-ring (bicyclic) bond motifs is 1. The number of carboxylic acid groups (broad SMARTS) is 1. The molecule has 1 aromatic carbocycles. The predicted molar refractivity (Wildman–Crippen MR) is 91.1 cm³/mol. The number of nitrogens with zero attached hydrogens (tertiary/aromatic N) is 2. The van der Waals surface area contributed by atoms with E-state index in [0.717, 1.165) is 10.2 Å². The molecule has 124 valence electrons. The first kappa shape index (κ1) is 16.5. The van der Waals surface area contributed by atoms with Gasteiger partial charge in [0.2, 0.25) is 0 Å². The van der Waals surface area contributed by atoms with E-state index in [-0.39, 0.29) is 6.54 Å². The summed E-state index contributed by atoms with van der Waals surface area (Å²) in [5.41, 5.74) is -0.473. The Hall–Kier alpha value is -1.37. The topological polar surface area (TPSA) is 73.7 Å². The van der Waals surface area contributed by atoms with E-state index in [1.165, 1.54) is 16.2 Å². The number of rotatable bonds is 1. The number of β-amino-alcohol motifs (C(OH)–C–C–N with tert-alkyl or cyclic N) is 1. The van der Waals surface area contributed by atoms with Crippen molar-refractivity contribution in [3.8, 4) is 0 Å². The molecule has 1 amide bonds. The second kappa shape index (κ2) is 5.33. The first-order valence-electron chi connectivity index (χ1n) is 7.40. The van der Waals surface area contributed by atoms with Crippen LogP contribution in [0.4, 0.5) is 4.79 Å². The maximum atomic E-state index is 11.8. The van der Waals surface area contributed by atoms with Crippen LogP contribution in [0.25, 0.3) is 10.2 Å². The first-order valence-corrected chi connectivity index (χ1v) is 8.60. The molecule has 2 aromatic rings. The summed E-state index contributed by atoms with van der Waals surface area (Å²) in [6.45, 7) is 6.06. The molecule has 1 fully saturated rings. The average Bonchev–Trinajstić information content (AvgIpc) is 2.98. The van der Waals surface area contributed by atoms with E-state index in [1.54, 1.807) is 6.07 Å². The second-order valence-corrected chi connectivity index (χ2v) is 8.46. The normalized spacial score (nSPS) is 25.3. The fraction of sp³-hybridized carbons (Fsp3) is 0.500. The molecule has 1 aromatic heterocycles. The van der Waals surface area contributed by atoms with Crippen molar-refractivity contribution in [2.75, 3.05) is 6.54 Å². The molecule has 0 spiro atoms. The zero-order valence-corrected chi connectivity index (χ0v) is 14.8. The molecule has 2 atom stereocenters. The van der Waals surface area contributed by atoms with Crippen LogP contribution in [0.15, 0.2) is 18.2 Å². The molecule has 1 aliphatic heterocycles. The first-order chi connectivity index (χ1) is 10.6. The highest BCUT2D eigenvalue weighted by Gasteiger charge is 2.57. The number of likely N-dealkylation sites (tertiary alicyclic amines) is 1. The molecule has 0 radical (unpaired) electrons. The SMILES string of the molecule is CC(C)(C)[C@]1(c2nc3ccc(Cl)cc3s2)C[C@@H](O)CN1C(=O)O. The van der Waals surface area contributed by atoms with Crippen LogP contribution in [0.1, 0.15) is 32.2 Å². The highest BCUT2D eigenvalue weighted by Crippen LogP contribution is 2.53. The van der Waals surface area contributed by atoms with Gasteiger partial charge < -0.3 is 10.2 Å². The molecule has 0 bridgehead atoms. The molecular weight excluding hydrogens is 336 g/mol. The van der Waals surface area contributed by atoms with Gasteiger partial charge >= 0.3 is 6.09 Å². The van der Waals surface area contributed by atoms with Crippen LogP contribution in [0, 0.1) is 5.41 Å². The largest absolute Gasteiger partial charge is 0.465 e. The number of amides is 1. The summed E-state index contributed by atoms with van der Waals surface area (Å²) in [7, 11) is 0. The molecular formula is C16H19ClN2O3S. The average molecular weight is 355 g/mol. The molecule has 0 aliphatic carbocycles. The maximum absolute atomic E-state index is 11.8. The van der Waals surface area contributed by atoms with Crippen molar-refractivity contribution < 1.29 is 15.0 Å². The minimum Gasteiger partial charge on any atom is -0.465 e. The van der Waals surface area contributed by atoms with Gasteiger partial charge in [0.25, 0.3) is 0 Å². The summed E-state index contributed by atoms with van der Waals surface area (Å²) in [5.74, 6) is 0. The van der Waals surface area contributed by atoms with Gasteiger partial charge in [-0.3, -0.25) is 4.90 Å². The Kier molecular flexibility index (Phi) is 3.82. The van der Waals surface area contributed by atoms with E-state index in [2.05, 4.69) is 4.98 Å². The molecule has 3 rings (SSSR count). The number of benzene rings is 1. The number of hydrogen-bond acceptors (Lipinski definition) is 4. The lowest BCUT2D eigenvalue weighted by Crippen LogP contribution is -2.52. The highest BCUT2D eigenvalue weighted by atomic mass is 35.5. The molecule has 0 unspecified atom stereocenters. The number of aromatic nitrogens is 1. The smallest absolute Gasteiger partial charge is 0.408 e. The van der Waals surface area contributed by atoms with Gasteiger partial charge in [-0.2, -0.15) is 0 Å². The Bertz CT molecular complexity index is 770. The fourth-order valence-corrected chi connectivity index (χ4v) is 5.10. The lowest BCUT2D eigenvalue weighted by molar-refractivity contribution is 0.0271. The Balaban J connectivity index is 2.24. The molecule has 2 N–H and O–H groups in total. The zero-order chi connectivity index (χ0) is 17.0. The molecule has 7 heteroatoms. The summed E-state index contributed by atoms with van der Waals surface area (Å²) in [5, 5.41) is 21.2. The maximum Gasteiger partial charge on any atom is 0.408 e. The fourth-order valence-electron chi connectivity index (χ4n) is 3.43. The molecule has 2 heterocycles. The quantitative estimate of drug-likeness (QED) is 0.813. The standard InChI is InChI=1S/C16H19ClN2O3S/c1-15(2,3)16(7-10(20)8-19(16)14(21)22)13-18-11-5-4-9(17)6-12(11)23-13/h4-6,10,20H,7-8H2,1-3H3,(H,21,22)/t10-,16-/m1/s1. The summed E-state index contributed by atoms with van der Waals surface area (Å²) in [6, 6.07) is 5.45. The van der Waals surface area contributed by atoms with Crippen LogP contribution >= 0.6 is 22.9 Å². The summed E-state index contributed by atoms with van der Waals surface area (Å²) >= 11 is 7.49. The molecule has 23 heavy (non-hydrogen) atoms. The summed E-state index contributed by atoms with van der Waals surface area (Å²) in [4.78, 5) is 17.9. The zero-order valence-electron chi connectivity index (χ0n) is 13.2. The van der Waals surface area contributed by atoms with Crippen LogP contribution in [-0.4, -0.2) is 38.8 Å². The van der Waals surface area contributed by atoms with Gasteiger partial charge in [-0.05, 0) is 23.6 Å². The molecule has 1 aliphatic rings. The van der Waals surface area contributed by atoms with Gasteiger partial charge in [0, 0.05) is 11.4 Å². The number of halogens is 1. The van der Waals surface area contributed by atoms with E-state index in [0.29, 0.717) is 16.5 Å².